The van der Waals surface area contributed by atoms with Crippen molar-refractivity contribution in [3.8, 4) is 5.75 Å². The number of phenols is 1. The van der Waals surface area contributed by atoms with Crippen LogP contribution in [0.2, 0.25) is 0 Å². The molecule has 0 fully saturated rings. The average molecular weight is 329 g/mol. The largest absolute Gasteiger partial charge is 0.508 e. The second kappa shape index (κ2) is 7.12. The third-order valence-electron chi connectivity index (χ3n) is 5.17. The fourth-order valence-corrected chi connectivity index (χ4v) is 3.81. The quantitative estimate of drug-likeness (QED) is 0.757. The minimum atomic E-state index is 0.342. The lowest BCUT2D eigenvalue weighted by molar-refractivity contribution is 0.242. The van der Waals surface area contributed by atoms with Crippen molar-refractivity contribution in [2.45, 2.75) is 18.9 Å². The number of fused-ring (bicyclic) bond motifs is 1. The summed E-state index contributed by atoms with van der Waals surface area (Å²) in [6.45, 7) is 2.81. The fourth-order valence-electron chi connectivity index (χ4n) is 3.81. The third kappa shape index (κ3) is 3.45. The standard InChI is InChI=1S/C23H23NO/c25-23-13-7-12-20-14-15-24(17-22(20)23)16-21(18-8-3-1-4-9-18)19-10-5-2-6-11-19/h1-13,21,25H,14-17H2. The Morgan fingerprint density at radius 1 is 0.800 bits per heavy atom. The van der Waals surface area contributed by atoms with Crippen molar-refractivity contribution in [2.24, 2.45) is 0 Å². The van der Waals surface area contributed by atoms with Gasteiger partial charge in [0.15, 0.2) is 0 Å². The van der Waals surface area contributed by atoms with Gasteiger partial charge in [-0.05, 0) is 29.2 Å². The lowest BCUT2D eigenvalue weighted by Crippen LogP contribution is -2.34. The molecular weight excluding hydrogens is 306 g/mol. The number of nitrogens with zero attached hydrogens (tertiary/aromatic N) is 1. The highest BCUT2D eigenvalue weighted by molar-refractivity contribution is 5.41. The van der Waals surface area contributed by atoms with Gasteiger partial charge in [-0.15, -0.1) is 0 Å². The average Bonchev–Trinajstić information content (AvgIpc) is 2.68. The van der Waals surface area contributed by atoms with E-state index in [4.69, 9.17) is 0 Å². The van der Waals surface area contributed by atoms with Crippen LogP contribution < -0.4 is 0 Å². The maximum atomic E-state index is 10.2. The first-order valence-electron chi connectivity index (χ1n) is 8.93. The predicted molar refractivity (Wildman–Crippen MR) is 102 cm³/mol. The molecule has 2 heteroatoms. The van der Waals surface area contributed by atoms with Gasteiger partial charge in [-0.1, -0.05) is 72.8 Å². The van der Waals surface area contributed by atoms with Crippen molar-refractivity contribution >= 4 is 0 Å². The van der Waals surface area contributed by atoms with E-state index in [0.717, 1.165) is 31.6 Å². The van der Waals surface area contributed by atoms with Gasteiger partial charge in [-0.2, -0.15) is 0 Å². The molecule has 0 aromatic heterocycles. The van der Waals surface area contributed by atoms with Crippen LogP contribution in [0.3, 0.4) is 0 Å². The van der Waals surface area contributed by atoms with Crippen molar-refractivity contribution in [1.29, 1.82) is 0 Å². The monoisotopic (exact) mass is 329 g/mol. The third-order valence-corrected chi connectivity index (χ3v) is 5.17. The summed E-state index contributed by atoms with van der Waals surface area (Å²) in [5.74, 6) is 0.771. The first-order valence-corrected chi connectivity index (χ1v) is 8.93. The summed E-state index contributed by atoms with van der Waals surface area (Å²) in [5.41, 5.74) is 5.06. The Bertz CT molecular complexity index is 790. The van der Waals surface area contributed by atoms with Crippen molar-refractivity contribution in [3.05, 3.63) is 101 Å². The van der Waals surface area contributed by atoms with Crippen LogP contribution in [-0.4, -0.2) is 23.1 Å². The highest BCUT2D eigenvalue weighted by atomic mass is 16.3. The molecule has 1 aliphatic rings. The number of phenolic OH excluding ortho intramolecular Hbond substituents is 1. The molecule has 1 N–H and O–H groups in total. The molecule has 0 bridgehead atoms. The van der Waals surface area contributed by atoms with Gasteiger partial charge in [0.05, 0.1) is 0 Å². The molecule has 3 aromatic rings. The lowest BCUT2D eigenvalue weighted by atomic mass is 9.89. The van der Waals surface area contributed by atoms with E-state index < -0.39 is 0 Å². The smallest absolute Gasteiger partial charge is 0.120 e. The van der Waals surface area contributed by atoms with E-state index in [0.29, 0.717) is 11.7 Å². The summed E-state index contributed by atoms with van der Waals surface area (Å²) in [7, 11) is 0. The summed E-state index contributed by atoms with van der Waals surface area (Å²) in [5, 5.41) is 10.2. The molecule has 0 unspecified atom stereocenters. The molecule has 2 nitrogen and oxygen atoms in total. The molecule has 0 aliphatic carbocycles. The van der Waals surface area contributed by atoms with E-state index in [2.05, 4.69) is 71.6 Å². The van der Waals surface area contributed by atoms with Crippen LogP contribution in [0.1, 0.15) is 28.2 Å². The molecule has 0 saturated heterocycles. The minimum Gasteiger partial charge on any atom is -0.508 e. The normalized spacial score (nSPS) is 14.4. The Morgan fingerprint density at radius 3 is 2.08 bits per heavy atom. The number of hydrogen-bond acceptors (Lipinski definition) is 2. The van der Waals surface area contributed by atoms with Gasteiger partial charge in [0.2, 0.25) is 0 Å². The predicted octanol–water partition coefficient (Wildman–Crippen LogP) is 4.58. The number of aromatic hydroxyl groups is 1. The van der Waals surface area contributed by atoms with Gasteiger partial charge in [0.25, 0.3) is 0 Å². The molecule has 0 radical (unpaired) electrons. The highest BCUT2D eigenvalue weighted by Crippen LogP contribution is 2.31. The lowest BCUT2D eigenvalue weighted by Gasteiger charge is -2.32. The minimum absolute atomic E-state index is 0.342. The summed E-state index contributed by atoms with van der Waals surface area (Å²) < 4.78 is 0. The number of hydrogen-bond donors (Lipinski definition) is 1. The van der Waals surface area contributed by atoms with Crippen LogP contribution >= 0.6 is 0 Å². The van der Waals surface area contributed by atoms with Gasteiger partial charge < -0.3 is 5.11 Å². The van der Waals surface area contributed by atoms with E-state index in [-0.39, 0.29) is 0 Å². The topological polar surface area (TPSA) is 23.5 Å². The maximum absolute atomic E-state index is 10.2. The van der Waals surface area contributed by atoms with Gasteiger partial charge in [-0.25, -0.2) is 0 Å². The van der Waals surface area contributed by atoms with E-state index in [1.54, 1.807) is 6.07 Å². The molecular formula is C23H23NO. The van der Waals surface area contributed by atoms with Crippen molar-refractivity contribution in [3.63, 3.8) is 0 Å². The van der Waals surface area contributed by atoms with Crippen molar-refractivity contribution < 1.29 is 5.11 Å². The molecule has 25 heavy (non-hydrogen) atoms. The first-order chi connectivity index (χ1) is 12.3. The van der Waals surface area contributed by atoms with Crippen LogP contribution in [0.4, 0.5) is 0 Å². The van der Waals surface area contributed by atoms with Crippen LogP contribution in [0, 0.1) is 0 Å². The van der Waals surface area contributed by atoms with Gasteiger partial charge in [0.1, 0.15) is 5.75 Å². The number of benzene rings is 3. The molecule has 126 valence electrons. The first kappa shape index (κ1) is 15.9. The van der Waals surface area contributed by atoms with Crippen LogP contribution in [0.15, 0.2) is 78.9 Å². The SMILES string of the molecule is Oc1cccc2c1CN(CC(c1ccccc1)c1ccccc1)CC2. The number of rotatable bonds is 4. The highest BCUT2D eigenvalue weighted by Gasteiger charge is 2.23. The molecule has 1 aliphatic heterocycles. The van der Waals surface area contributed by atoms with Gasteiger partial charge in [-0.3, -0.25) is 4.90 Å². The Kier molecular flexibility index (Phi) is 4.53. The molecule has 3 aromatic carbocycles. The zero-order valence-corrected chi connectivity index (χ0v) is 14.3. The second-order valence-corrected chi connectivity index (χ2v) is 6.77. The maximum Gasteiger partial charge on any atom is 0.120 e. The zero-order chi connectivity index (χ0) is 17.1. The Balaban J connectivity index is 1.61. The Hall–Kier alpha value is -2.58. The van der Waals surface area contributed by atoms with Gasteiger partial charge >= 0.3 is 0 Å². The van der Waals surface area contributed by atoms with Gasteiger partial charge in [0, 0.05) is 31.1 Å². The Morgan fingerprint density at radius 2 is 1.44 bits per heavy atom. The van der Waals surface area contributed by atoms with Crippen molar-refractivity contribution in [2.75, 3.05) is 13.1 Å². The summed E-state index contributed by atoms with van der Waals surface area (Å²) in [4.78, 5) is 2.46. The van der Waals surface area contributed by atoms with Crippen molar-refractivity contribution in [1.82, 2.24) is 4.90 Å². The summed E-state index contributed by atoms with van der Waals surface area (Å²) in [6, 6.07) is 27.3. The van der Waals surface area contributed by atoms with E-state index in [1.807, 2.05) is 6.07 Å². The van der Waals surface area contributed by atoms with Crippen LogP contribution in [0.5, 0.6) is 5.75 Å². The van der Waals surface area contributed by atoms with Crippen LogP contribution in [-0.2, 0) is 13.0 Å². The van der Waals surface area contributed by atoms with E-state index in [9.17, 15) is 5.11 Å². The molecule has 0 amide bonds. The van der Waals surface area contributed by atoms with Crippen LogP contribution in [0.25, 0.3) is 0 Å². The molecule has 0 saturated carbocycles. The molecule has 4 rings (SSSR count). The second-order valence-electron chi connectivity index (χ2n) is 6.77. The van der Waals surface area contributed by atoms with E-state index in [1.165, 1.54) is 16.7 Å². The summed E-state index contributed by atoms with van der Waals surface area (Å²) >= 11 is 0. The fraction of sp³-hybridized carbons (Fsp3) is 0.217. The zero-order valence-electron chi connectivity index (χ0n) is 14.3. The molecule has 0 atom stereocenters. The summed E-state index contributed by atoms with van der Waals surface area (Å²) in [6.07, 6.45) is 1.00. The van der Waals surface area contributed by atoms with E-state index >= 15 is 0 Å². The Labute approximate surface area is 149 Å². The molecule has 1 heterocycles. The molecule has 0 spiro atoms.